The third-order valence-electron chi connectivity index (χ3n) is 5.79. The summed E-state index contributed by atoms with van der Waals surface area (Å²) in [5.74, 6) is -0.353. The standard InChI is InChI=1S/C23H24F3N3O/c1-15-9-11-16(12-10-15)18-13-20(23(24,25)26)29-21(27-18)14-19(28-29)22(30)17-7-5-3-2-4-6-8-17/h9-14,17H,2-8H2,1H3. The summed E-state index contributed by atoms with van der Waals surface area (Å²) in [6, 6.07) is 9.53. The van der Waals surface area contributed by atoms with Gasteiger partial charge in [-0.3, -0.25) is 4.79 Å². The number of benzene rings is 1. The average Bonchev–Trinajstić information content (AvgIpc) is 3.10. The number of carbonyl (C=O) groups excluding carboxylic acids is 1. The van der Waals surface area contributed by atoms with E-state index in [9.17, 15) is 18.0 Å². The molecule has 30 heavy (non-hydrogen) atoms. The molecule has 0 bridgehead atoms. The molecule has 1 aromatic carbocycles. The Kier molecular flexibility index (Phi) is 5.62. The predicted molar refractivity (Wildman–Crippen MR) is 108 cm³/mol. The zero-order valence-electron chi connectivity index (χ0n) is 16.9. The lowest BCUT2D eigenvalue weighted by Crippen LogP contribution is -2.18. The van der Waals surface area contributed by atoms with Crippen LogP contribution in [0.15, 0.2) is 36.4 Å². The molecule has 0 radical (unpaired) electrons. The predicted octanol–water partition coefficient (Wildman–Crippen LogP) is 6.27. The van der Waals surface area contributed by atoms with Crippen molar-refractivity contribution in [3.63, 3.8) is 0 Å². The lowest BCUT2D eigenvalue weighted by molar-refractivity contribution is -0.142. The van der Waals surface area contributed by atoms with Gasteiger partial charge in [0, 0.05) is 17.5 Å². The number of carbonyl (C=O) groups is 1. The van der Waals surface area contributed by atoms with Crippen LogP contribution >= 0.6 is 0 Å². The summed E-state index contributed by atoms with van der Waals surface area (Å²) in [5.41, 5.74) is 0.976. The van der Waals surface area contributed by atoms with Gasteiger partial charge in [0.15, 0.2) is 17.1 Å². The normalized spacial score (nSPS) is 16.4. The van der Waals surface area contributed by atoms with Gasteiger partial charge in [-0.05, 0) is 25.8 Å². The molecule has 1 saturated carbocycles. The van der Waals surface area contributed by atoms with E-state index in [1.807, 2.05) is 19.1 Å². The van der Waals surface area contributed by atoms with Gasteiger partial charge in [-0.1, -0.05) is 61.9 Å². The molecule has 1 aliphatic rings. The molecule has 7 heteroatoms. The Bertz CT molecular complexity index is 1050. The highest BCUT2D eigenvalue weighted by Gasteiger charge is 2.36. The highest BCUT2D eigenvalue weighted by atomic mass is 19.4. The lowest BCUT2D eigenvalue weighted by Gasteiger charge is -2.17. The van der Waals surface area contributed by atoms with Gasteiger partial charge in [-0.2, -0.15) is 18.3 Å². The van der Waals surface area contributed by atoms with Crippen LogP contribution < -0.4 is 0 Å². The SMILES string of the molecule is Cc1ccc(-c2cc(C(F)(F)F)n3nc(C(=O)C4CCCCCCC4)cc3n2)cc1. The van der Waals surface area contributed by atoms with E-state index in [1.165, 1.54) is 12.5 Å². The minimum absolute atomic E-state index is 0.0367. The van der Waals surface area contributed by atoms with Crippen molar-refractivity contribution in [3.05, 3.63) is 53.3 Å². The molecule has 3 aromatic rings. The zero-order valence-corrected chi connectivity index (χ0v) is 16.9. The van der Waals surface area contributed by atoms with Gasteiger partial charge in [-0.15, -0.1) is 0 Å². The number of fused-ring (bicyclic) bond motifs is 1. The molecule has 0 saturated heterocycles. The molecular formula is C23H24F3N3O. The number of rotatable bonds is 3. The van der Waals surface area contributed by atoms with Crippen LogP contribution in [0.4, 0.5) is 13.2 Å². The van der Waals surface area contributed by atoms with Crippen LogP contribution in [0.2, 0.25) is 0 Å². The van der Waals surface area contributed by atoms with Crippen molar-refractivity contribution in [2.24, 2.45) is 5.92 Å². The Hall–Kier alpha value is -2.70. The van der Waals surface area contributed by atoms with Crippen molar-refractivity contribution in [3.8, 4) is 11.3 Å². The van der Waals surface area contributed by atoms with Crippen molar-refractivity contribution in [2.45, 2.75) is 58.0 Å². The van der Waals surface area contributed by atoms with Gasteiger partial charge in [0.1, 0.15) is 5.69 Å². The van der Waals surface area contributed by atoms with E-state index in [0.29, 0.717) is 5.56 Å². The smallest absolute Gasteiger partial charge is 0.292 e. The Balaban J connectivity index is 1.76. The number of aromatic nitrogens is 3. The van der Waals surface area contributed by atoms with Crippen LogP contribution in [0.25, 0.3) is 16.9 Å². The van der Waals surface area contributed by atoms with Gasteiger partial charge < -0.3 is 0 Å². The first-order valence-corrected chi connectivity index (χ1v) is 10.4. The van der Waals surface area contributed by atoms with E-state index in [-0.39, 0.29) is 28.7 Å². The number of hydrogen-bond donors (Lipinski definition) is 0. The molecule has 0 amide bonds. The third kappa shape index (κ3) is 4.25. The van der Waals surface area contributed by atoms with Crippen LogP contribution in [-0.4, -0.2) is 20.4 Å². The molecule has 0 N–H and O–H groups in total. The Morgan fingerprint density at radius 1 is 1.00 bits per heavy atom. The number of hydrogen-bond acceptors (Lipinski definition) is 3. The van der Waals surface area contributed by atoms with Crippen LogP contribution in [0.3, 0.4) is 0 Å². The van der Waals surface area contributed by atoms with Gasteiger partial charge in [-0.25, -0.2) is 9.50 Å². The molecule has 2 aromatic heterocycles. The summed E-state index contributed by atoms with van der Waals surface area (Å²) in [4.78, 5) is 17.4. The maximum atomic E-state index is 13.8. The summed E-state index contributed by atoms with van der Waals surface area (Å²) in [5, 5.41) is 4.04. The minimum atomic E-state index is -4.62. The molecular weight excluding hydrogens is 391 g/mol. The number of Topliss-reactive ketones (excluding diaryl/α,β-unsaturated/α-hetero) is 1. The zero-order chi connectivity index (χ0) is 21.3. The van der Waals surface area contributed by atoms with Crippen molar-refractivity contribution in [1.29, 1.82) is 0 Å². The average molecular weight is 415 g/mol. The van der Waals surface area contributed by atoms with Crippen molar-refractivity contribution in [1.82, 2.24) is 14.6 Å². The fraction of sp³-hybridized carbons (Fsp3) is 0.435. The molecule has 0 spiro atoms. The van der Waals surface area contributed by atoms with Crippen LogP contribution in [0, 0.1) is 12.8 Å². The number of alkyl halides is 3. The van der Waals surface area contributed by atoms with Crippen LogP contribution in [0.5, 0.6) is 0 Å². The molecule has 0 unspecified atom stereocenters. The second kappa shape index (κ2) is 8.20. The van der Waals surface area contributed by atoms with E-state index in [4.69, 9.17) is 0 Å². The van der Waals surface area contributed by atoms with Crippen LogP contribution in [0.1, 0.15) is 66.7 Å². The number of halogens is 3. The molecule has 4 nitrogen and oxygen atoms in total. The number of ketones is 1. The highest BCUT2D eigenvalue weighted by molar-refractivity contribution is 5.97. The van der Waals surface area contributed by atoms with Gasteiger partial charge in [0.2, 0.25) is 0 Å². The largest absolute Gasteiger partial charge is 0.433 e. The first-order valence-electron chi connectivity index (χ1n) is 10.4. The fourth-order valence-corrected chi connectivity index (χ4v) is 4.10. The highest BCUT2D eigenvalue weighted by Crippen LogP contribution is 2.33. The van der Waals surface area contributed by atoms with Gasteiger partial charge in [0.25, 0.3) is 0 Å². The Morgan fingerprint density at radius 2 is 1.63 bits per heavy atom. The third-order valence-corrected chi connectivity index (χ3v) is 5.79. The summed E-state index contributed by atoms with van der Waals surface area (Å²) in [7, 11) is 0. The first kappa shape index (κ1) is 20.6. The summed E-state index contributed by atoms with van der Waals surface area (Å²) in [6.07, 6.45) is 2.20. The molecule has 0 atom stereocenters. The van der Waals surface area contributed by atoms with E-state index in [0.717, 1.165) is 54.7 Å². The molecule has 4 rings (SSSR count). The maximum Gasteiger partial charge on any atom is 0.433 e. The summed E-state index contributed by atoms with van der Waals surface area (Å²) >= 11 is 0. The Morgan fingerprint density at radius 3 is 2.27 bits per heavy atom. The molecule has 2 heterocycles. The van der Waals surface area contributed by atoms with Gasteiger partial charge >= 0.3 is 6.18 Å². The Labute approximate surface area is 173 Å². The van der Waals surface area contributed by atoms with E-state index >= 15 is 0 Å². The van der Waals surface area contributed by atoms with E-state index < -0.39 is 11.9 Å². The quantitative estimate of drug-likeness (QED) is 0.474. The van der Waals surface area contributed by atoms with Crippen molar-refractivity contribution < 1.29 is 18.0 Å². The van der Waals surface area contributed by atoms with Crippen LogP contribution in [-0.2, 0) is 6.18 Å². The summed E-state index contributed by atoms with van der Waals surface area (Å²) < 4.78 is 42.1. The second-order valence-corrected chi connectivity index (χ2v) is 8.10. The van der Waals surface area contributed by atoms with Crippen molar-refractivity contribution >= 4 is 11.4 Å². The first-order chi connectivity index (χ1) is 14.3. The molecule has 158 valence electrons. The topological polar surface area (TPSA) is 47.3 Å². The minimum Gasteiger partial charge on any atom is -0.292 e. The lowest BCUT2D eigenvalue weighted by atomic mass is 9.87. The fourth-order valence-electron chi connectivity index (χ4n) is 4.10. The van der Waals surface area contributed by atoms with E-state index in [2.05, 4.69) is 10.1 Å². The second-order valence-electron chi connectivity index (χ2n) is 8.10. The van der Waals surface area contributed by atoms with E-state index in [1.54, 1.807) is 12.1 Å². The number of aryl methyl sites for hydroxylation is 1. The number of nitrogens with zero attached hydrogens (tertiary/aromatic N) is 3. The molecule has 1 aliphatic carbocycles. The monoisotopic (exact) mass is 415 g/mol. The van der Waals surface area contributed by atoms with Crippen molar-refractivity contribution in [2.75, 3.05) is 0 Å². The summed E-state index contributed by atoms with van der Waals surface area (Å²) in [6.45, 7) is 1.91. The molecule has 1 fully saturated rings. The maximum absolute atomic E-state index is 13.8. The van der Waals surface area contributed by atoms with Gasteiger partial charge in [0.05, 0.1) is 5.69 Å². The molecule has 0 aliphatic heterocycles.